The fraction of sp³-hybridized carbons (Fsp3) is 0.583. The minimum atomic E-state index is -1.10. The largest absolute Gasteiger partial charge is 0.475 e. The predicted octanol–water partition coefficient (Wildman–Crippen LogP) is 2.38. The van der Waals surface area contributed by atoms with Crippen molar-refractivity contribution >= 4 is 5.97 Å². The molecule has 1 fully saturated rings. The van der Waals surface area contributed by atoms with Gasteiger partial charge in [0, 0.05) is 0 Å². The molecule has 0 bridgehead atoms. The number of carboxylic acids is 1. The molecule has 4 nitrogen and oxygen atoms in total. The van der Waals surface area contributed by atoms with Crippen LogP contribution in [0.15, 0.2) is 16.5 Å². The van der Waals surface area contributed by atoms with Crippen molar-refractivity contribution in [2.45, 2.75) is 38.7 Å². The maximum Gasteiger partial charge on any atom is 0.371 e. The molecule has 0 spiro atoms. The Morgan fingerprint density at radius 2 is 2.06 bits per heavy atom. The average molecular weight is 224 g/mol. The molecule has 16 heavy (non-hydrogen) atoms. The number of carboxylic acid groups (broad SMARTS) is 1. The van der Waals surface area contributed by atoms with Crippen molar-refractivity contribution < 1.29 is 19.4 Å². The van der Waals surface area contributed by atoms with Gasteiger partial charge in [-0.2, -0.15) is 0 Å². The molecule has 0 aromatic carbocycles. The lowest BCUT2D eigenvalue weighted by Crippen LogP contribution is -2.22. The highest BCUT2D eigenvalue weighted by Crippen LogP contribution is 2.49. The number of hydrogen-bond donors (Lipinski definition) is 2. The molecule has 2 rings (SSSR count). The van der Waals surface area contributed by atoms with E-state index < -0.39 is 11.6 Å². The van der Waals surface area contributed by atoms with E-state index in [2.05, 4.69) is 13.8 Å². The van der Waals surface area contributed by atoms with Crippen LogP contribution in [-0.2, 0) is 5.60 Å². The average Bonchev–Trinajstić information content (AvgIpc) is 2.71. The lowest BCUT2D eigenvalue weighted by Gasteiger charge is -2.22. The van der Waals surface area contributed by atoms with Crippen molar-refractivity contribution in [1.29, 1.82) is 0 Å². The van der Waals surface area contributed by atoms with E-state index in [-0.39, 0.29) is 11.2 Å². The Labute approximate surface area is 93.9 Å². The third-order valence-corrected chi connectivity index (χ3v) is 3.26. The highest BCUT2D eigenvalue weighted by Gasteiger charge is 2.45. The lowest BCUT2D eigenvalue weighted by atomic mass is 9.88. The van der Waals surface area contributed by atoms with Crippen LogP contribution in [0.25, 0.3) is 0 Å². The summed E-state index contributed by atoms with van der Waals surface area (Å²) in [6.45, 7) is 4.18. The smallest absolute Gasteiger partial charge is 0.371 e. The van der Waals surface area contributed by atoms with Crippen LogP contribution in [0, 0.1) is 5.41 Å². The van der Waals surface area contributed by atoms with Crippen LogP contribution in [0.1, 0.15) is 49.4 Å². The van der Waals surface area contributed by atoms with E-state index in [1.54, 1.807) is 6.07 Å². The molecule has 1 aliphatic rings. The fourth-order valence-electron chi connectivity index (χ4n) is 2.43. The lowest BCUT2D eigenvalue weighted by molar-refractivity contribution is 0.0108. The third-order valence-electron chi connectivity index (χ3n) is 3.26. The SMILES string of the molecule is CC1(C)CCC(O)(c2ccc(C(=O)O)o2)C1. The van der Waals surface area contributed by atoms with Gasteiger partial charge in [-0.15, -0.1) is 0 Å². The monoisotopic (exact) mass is 224 g/mol. The van der Waals surface area contributed by atoms with E-state index >= 15 is 0 Å². The number of aromatic carboxylic acids is 1. The van der Waals surface area contributed by atoms with Gasteiger partial charge in [0.05, 0.1) is 0 Å². The summed E-state index contributed by atoms with van der Waals surface area (Å²) in [6, 6.07) is 2.95. The molecule has 4 heteroatoms. The van der Waals surface area contributed by atoms with E-state index in [9.17, 15) is 9.90 Å². The van der Waals surface area contributed by atoms with Crippen LogP contribution < -0.4 is 0 Å². The zero-order valence-electron chi connectivity index (χ0n) is 9.49. The van der Waals surface area contributed by atoms with E-state index in [1.165, 1.54) is 6.07 Å². The van der Waals surface area contributed by atoms with Crippen molar-refractivity contribution in [3.05, 3.63) is 23.7 Å². The standard InChI is InChI=1S/C12H16O4/c1-11(2)5-6-12(15,7-11)9-4-3-8(16-9)10(13)14/h3-4,15H,5-7H2,1-2H3,(H,13,14). The van der Waals surface area contributed by atoms with Crippen LogP contribution in [-0.4, -0.2) is 16.2 Å². The first-order valence-electron chi connectivity index (χ1n) is 5.38. The van der Waals surface area contributed by atoms with E-state index in [1.807, 2.05) is 0 Å². The van der Waals surface area contributed by atoms with Gasteiger partial charge in [-0.1, -0.05) is 13.8 Å². The van der Waals surface area contributed by atoms with Crippen molar-refractivity contribution in [3.8, 4) is 0 Å². The highest BCUT2D eigenvalue weighted by atomic mass is 16.4. The Bertz CT molecular complexity index is 418. The first kappa shape index (κ1) is 11.2. The second-order valence-corrected chi connectivity index (χ2v) is 5.34. The summed E-state index contributed by atoms with van der Waals surface area (Å²) >= 11 is 0. The van der Waals surface area contributed by atoms with Gasteiger partial charge in [0.15, 0.2) is 0 Å². The van der Waals surface area contributed by atoms with Gasteiger partial charge < -0.3 is 14.6 Å². The quantitative estimate of drug-likeness (QED) is 0.809. The Hall–Kier alpha value is -1.29. The Balaban J connectivity index is 2.27. The molecule has 88 valence electrons. The number of rotatable bonds is 2. The number of hydrogen-bond acceptors (Lipinski definition) is 3. The Kier molecular flexibility index (Phi) is 2.35. The molecule has 1 aromatic rings. The van der Waals surface area contributed by atoms with Crippen molar-refractivity contribution in [1.82, 2.24) is 0 Å². The number of aliphatic hydroxyl groups is 1. The van der Waals surface area contributed by atoms with E-state index in [0.29, 0.717) is 18.6 Å². The summed E-state index contributed by atoms with van der Waals surface area (Å²) in [7, 11) is 0. The van der Waals surface area contributed by atoms with Crippen LogP contribution in [0.2, 0.25) is 0 Å². The van der Waals surface area contributed by atoms with E-state index in [4.69, 9.17) is 9.52 Å². The molecule has 0 amide bonds. The first-order chi connectivity index (χ1) is 7.32. The van der Waals surface area contributed by atoms with Gasteiger partial charge in [-0.05, 0) is 36.8 Å². The summed E-state index contributed by atoms with van der Waals surface area (Å²) in [5.41, 5.74) is -0.928. The molecule has 0 radical (unpaired) electrons. The van der Waals surface area contributed by atoms with Gasteiger partial charge in [0.25, 0.3) is 0 Å². The summed E-state index contributed by atoms with van der Waals surface area (Å²) in [5.74, 6) is -0.851. The van der Waals surface area contributed by atoms with Gasteiger partial charge in [0.2, 0.25) is 5.76 Å². The zero-order valence-corrected chi connectivity index (χ0v) is 9.49. The van der Waals surface area contributed by atoms with Crippen LogP contribution in [0.5, 0.6) is 0 Å². The van der Waals surface area contributed by atoms with Crippen molar-refractivity contribution in [2.24, 2.45) is 5.41 Å². The second kappa shape index (κ2) is 3.35. The molecule has 1 saturated carbocycles. The molecule has 1 aromatic heterocycles. The summed E-state index contributed by atoms with van der Waals surface area (Å²) in [4.78, 5) is 10.7. The normalized spacial score (nSPS) is 28.2. The molecule has 1 unspecified atom stereocenters. The van der Waals surface area contributed by atoms with Gasteiger partial charge in [-0.25, -0.2) is 4.79 Å². The number of carbonyl (C=O) groups is 1. The first-order valence-corrected chi connectivity index (χ1v) is 5.38. The van der Waals surface area contributed by atoms with Crippen LogP contribution in [0.4, 0.5) is 0 Å². The second-order valence-electron chi connectivity index (χ2n) is 5.34. The molecular weight excluding hydrogens is 208 g/mol. The Morgan fingerprint density at radius 1 is 1.38 bits per heavy atom. The Morgan fingerprint density at radius 3 is 2.50 bits per heavy atom. The molecule has 0 aliphatic heterocycles. The molecule has 1 heterocycles. The van der Waals surface area contributed by atoms with Crippen molar-refractivity contribution in [3.63, 3.8) is 0 Å². The summed E-state index contributed by atoms with van der Waals surface area (Å²) in [5, 5.41) is 19.2. The maximum absolute atomic E-state index is 10.7. The minimum Gasteiger partial charge on any atom is -0.475 e. The van der Waals surface area contributed by atoms with Crippen molar-refractivity contribution in [2.75, 3.05) is 0 Å². The highest BCUT2D eigenvalue weighted by molar-refractivity contribution is 5.84. The molecule has 0 saturated heterocycles. The summed E-state index contributed by atoms with van der Waals surface area (Å²) < 4.78 is 5.18. The molecule has 1 aliphatic carbocycles. The van der Waals surface area contributed by atoms with Crippen LogP contribution in [0.3, 0.4) is 0 Å². The minimum absolute atomic E-state index is 0.0743. The topological polar surface area (TPSA) is 70.7 Å². The molecule has 1 atom stereocenters. The molecule has 2 N–H and O–H groups in total. The third kappa shape index (κ3) is 1.85. The van der Waals surface area contributed by atoms with Gasteiger partial charge >= 0.3 is 5.97 Å². The zero-order chi connectivity index (χ0) is 12.0. The maximum atomic E-state index is 10.7. The fourth-order valence-corrected chi connectivity index (χ4v) is 2.43. The molecular formula is C12H16O4. The van der Waals surface area contributed by atoms with Gasteiger partial charge in [0.1, 0.15) is 11.4 Å². The number of furan rings is 1. The van der Waals surface area contributed by atoms with Gasteiger partial charge in [-0.3, -0.25) is 0 Å². The summed E-state index contributed by atoms with van der Waals surface area (Å²) in [6.07, 6.45) is 2.13. The van der Waals surface area contributed by atoms with Crippen LogP contribution >= 0.6 is 0 Å². The predicted molar refractivity (Wildman–Crippen MR) is 57.2 cm³/mol. The van der Waals surface area contributed by atoms with E-state index in [0.717, 1.165) is 6.42 Å².